The molecule has 94 valence electrons. The summed E-state index contributed by atoms with van der Waals surface area (Å²) in [4.78, 5) is 11.4. The van der Waals surface area contributed by atoms with Crippen LogP contribution in [0.3, 0.4) is 0 Å². The molecule has 0 aliphatic rings. The molecule has 0 radical (unpaired) electrons. The number of amides is 1. The second-order valence-electron chi connectivity index (χ2n) is 3.69. The van der Waals surface area contributed by atoms with Crippen molar-refractivity contribution in [3.63, 3.8) is 0 Å². The Morgan fingerprint density at radius 3 is 2.88 bits per heavy atom. The van der Waals surface area contributed by atoms with Gasteiger partial charge in [-0.05, 0) is 25.4 Å². The van der Waals surface area contributed by atoms with E-state index in [0.717, 1.165) is 11.3 Å². The van der Waals surface area contributed by atoms with Gasteiger partial charge in [0.25, 0.3) is 0 Å². The number of ether oxygens (including phenoxy) is 1. The second kappa shape index (κ2) is 9.69. The molecule has 0 aliphatic heterocycles. The van der Waals surface area contributed by atoms with Crippen LogP contribution in [0.4, 0.5) is 0 Å². The maximum atomic E-state index is 11.4. The van der Waals surface area contributed by atoms with Crippen LogP contribution < -0.4 is 11.1 Å². The summed E-state index contributed by atoms with van der Waals surface area (Å²) in [5.74, 6) is 0.800. The van der Waals surface area contributed by atoms with E-state index in [1.807, 2.05) is 13.2 Å². The van der Waals surface area contributed by atoms with Crippen molar-refractivity contribution >= 4 is 17.7 Å². The minimum atomic E-state index is -0.409. The molecule has 0 saturated carbocycles. The van der Waals surface area contributed by atoms with Crippen molar-refractivity contribution in [2.45, 2.75) is 19.4 Å². The number of carbonyl (C=O) groups excluding carboxylic acids is 1. The monoisotopic (exact) mass is 246 g/mol. The summed E-state index contributed by atoms with van der Waals surface area (Å²) in [6.45, 7) is 7.14. The minimum absolute atomic E-state index is 0.104. The van der Waals surface area contributed by atoms with E-state index in [9.17, 15) is 4.79 Å². The van der Waals surface area contributed by atoms with Gasteiger partial charge in [-0.3, -0.25) is 4.79 Å². The third-order valence-corrected chi connectivity index (χ3v) is 2.51. The fraction of sp³-hybridized carbons (Fsp3) is 0.727. The Morgan fingerprint density at radius 2 is 2.31 bits per heavy atom. The highest BCUT2D eigenvalue weighted by molar-refractivity contribution is 7.98. The SMILES string of the molecule is C=C(C)COCCNC(=O)[C@@H](N)CCSC. The van der Waals surface area contributed by atoms with Gasteiger partial charge in [0.2, 0.25) is 5.91 Å². The number of carbonyl (C=O) groups is 1. The molecule has 0 unspecified atom stereocenters. The van der Waals surface area contributed by atoms with Crippen LogP contribution in [0.2, 0.25) is 0 Å². The molecule has 1 atom stereocenters. The molecular weight excluding hydrogens is 224 g/mol. The first-order valence-corrected chi connectivity index (χ1v) is 6.71. The first kappa shape index (κ1) is 15.5. The Kier molecular flexibility index (Phi) is 9.37. The summed E-state index contributed by atoms with van der Waals surface area (Å²) in [7, 11) is 0. The molecule has 0 aromatic carbocycles. The molecular formula is C11H22N2O2S. The summed E-state index contributed by atoms with van der Waals surface area (Å²) in [5.41, 5.74) is 6.66. The number of hydrogen-bond donors (Lipinski definition) is 2. The average molecular weight is 246 g/mol. The molecule has 16 heavy (non-hydrogen) atoms. The van der Waals surface area contributed by atoms with E-state index in [1.165, 1.54) is 0 Å². The zero-order valence-corrected chi connectivity index (χ0v) is 10.9. The van der Waals surface area contributed by atoms with E-state index in [2.05, 4.69) is 11.9 Å². The topological polar surface area (TPSA) is 64.3 Å². The van der Waals surface area contributed by atoms with Crippen LogP contribution in [-0.4, -0.2) is 43.7 Å². The molecule has 1 amide bonds. The molecule has 0 heterocycles. The van der Waals surface area contributed by atoms with Gasteiger partial charge in [0.1, 0.15) is 0 Å². The first-order valence-electron chi connectivity index (χ1n) is 5.32. The fourth-order valence-corrected chi connectivity index (χ4v) is 1.49. The quantitative estimate of drug-likeness (QED) is 0.466. The Bertz CT molecular complexity index is 222. The molecule has 4 nitrogen and oxygen atoms in total. The summed E-state index contributed by atoms with van der Waals surface area (Å²) in [6.07, 6.45) is 2.70. The molecule has 0 aromatic rings. The summed E-state index contributed by atoms with van der Waals surface area (Å²) in [5, 5.41) is 2.74. The van der Waals surface area contributed by atoms with Gasteiger partial charge in [0, 0.05) is 6.54 Å². The van der Waals surface area contributed by atoms with Gasteiger partial charge in [-0.1, -0.05) is 12.2 Å². The van der Waals surface area contributed by atoms with Crippen LogP contribution in [0.5, 0.6) is 0 Å². The van der Waals surface area contributed by atoms with E-state index in [-0.39, 0.29) is 5.91 Å². The molecule has 0 bridgehead atoms. The number of hydrogen-bond acceptors (Lipinski definition) is 4. The summed E-state index contributed by atoms with van der Waals surface area (Å²) in [6, 6.07) is -0.409. The van der Waals surface area contributed by atoms with Gasteiger partial charge in [-0.25, -0.2) is 0 Å². The smallest absolute Gasteiger partial charge is 0.237 e. The van der Waals surface area contributed by atoms with Crippen LogP contribution in [0.15, 0.2) is 12.2 Å². The van der Waals surface area contributed by atoms with E-state index < -0.39 is 6.04 Å². The van der Waals surface area contributed by atoms with E-state index in [1.54, 1.807) is 11.8 Å². The zero-order valence-electron chi connectivity index (χ0n) is 10.1. The van der Waals surface area contributed by atoms with Gasteiger partial charge >= 0.3 is 0 Å². The largest absolute Gasteiger partial charge is 0.375 e. The van der Waals surface area contributed by atoms with Crippen LogP contribution in [0.25, 0.3) is 0 Å². The summed E-state index contributed by atoms with van der Waals surface area (Å²) >= 11 is 1.69. The van der Waals surface area contributed by atoms with Crippen molar-refractivity contribution in [1.82, 2.24) is 5.32 Å². The molecule has 0 rings (SSSR count). The minimum Gasteiger partial charge on any atom is -0.375 e. The lowest BCUT2D eigenvalue weighted by Gasteiger charge is -2.11. The van der Waals surface area contributed by atoms with Gasteiger partial charge in [0.15, 0.2) is 0 Å². The van der Waals surface area contributed by atoms with Crippen molar-refractivity contribution in [2.24, 2.45) is 5.73 Å². The maximum absolute atomic E-state index is 11.4. The van der Waals surface area contributed by atoms with E-state index in [0.29, 0.717) is 26.2 Å². The Hall–Kier alpha value is -0.520. The third-order valence-electron chi connectivity index (χ3n) is 1.86. The Balaban J connectivity index is 3.45. The van der Waals surface area contributed by atoms with Gasteiger partial charge in [-0.2, -0.15) is 11.8 Å². The van der Waals surface area contributed by atoms with Crippen molar-refractivity contribution in [3.8, 4) is 0 Å². The molecule has 0 aliphatic carbocycles. The van der Waals surface area contributed by atoms with Crippen molar-refractivity contribution in [3.05, 3.63) is 12.2 Å². The molecule has 5 heteroatoms. The molecule has 3 N–H and O–H groups in total. The van der Waals surface area contributed by atoms with Crippen molar-refractivity contribution in [2.75, 3.05) is 31.8 Å². The Labute approximate surface area is 102 Å². The predicted octanol–water partition coefficient (Wildman–Crippen LogP) is 0.776. The lowest BCUT2D eigenvalue weighted by molar-refractivity contribution is -0.122. The third kappa shape index (κ3) is 8.76. The number of nitrogens with one attached hydrogen (secondary N) is 1. The lowest BCUT2D eigenvalue weighted by Crippen LogP contribution is -2.42. The predicted molar refractivity (Wildman–Crippen MR) is 69.6 cm³/mol. The molecule has 0 aromatic heterocycles. The molecule has 0 spiro atoms. The maximum Gasteiger partial charge on any atom is 0.237 e. The van der Waals surface area contributed by atoms with Crippen molar-refractivity contribution < 1.29 is 9.53 Å². The van der Waals surface area contributed by atoms with Gasteiger partial charge in [-0.15, -0.1) is 0 Å². The van der Waals surface area contributed by atoms with Gasteiger partial charge in [0.05, 0.1) is 19.3 Å². The number of nitrogens with two attached hydrogens (primary N) is 1. The van der Waals surface area contributed by atoms with E-state index in [4.69, 9.17) is 10.5 Å². The standard InChI is InChI=1S/C11H22N2O2S/c1-9(2)8-15-6-5-13-11(14)10(12)4-7-16-3/h10H,1,4-8,12H2,2-3H3,(H,13,14)/t10-/m0/s1. The number of rotatable bonds is 9. The second-order valence-corrected chi connectivity index (χ2v) is 4.67. The van der Waals surface area contributed by atoms with Crippen molar-refractivity contribution in [1.29, 1.82) is 0 Å². The van der Waals surface area contributed by atoms with E-state index >= 15 is 0 Å². The zero-order chi connectivity index (χ0) is 12.4. The van der Waals surface area contributed by atoms with Crippen LogP contribution in [-0.2, 0) is 9.53 Å². The van der Waals surface area contributed by atoms with Crippen LogP contribution in [0.1, 0.15) is 13.3 Å². The Morgan fingerprint density at radius 1 is 1.62 bits per heavy atom. The highest BCUT2D eigenvalue weighted by Gasteiger charge is 2.11. The normalized spacial score (nSPS) is 12.2. The molecule has 0 fully saturated rings. The van der Waals surface area contributed by atoms with Crippen LogP contribution in [0, 0.1) is 0 Å². The molecule has 0 saturated heterocycles. The lowest BCUT2D eigenvalue weighted by atomic mass is 10.2. The summed E-state index contributed by atoms with van der Waals surface area (Å²) < 4.78 is 5.25. The fourth-order valence-electron chi connectivity index (χ4n) is 1.000. The highest BCUT2D eigenvalue weighted by atomic mass is 32.2. The first-order chi connectivity index (χ1) is 7.57. The number of thioether (sulfide) groups is 1. The van der Waals surface area contributed by atoms with Gasteiger partial charge < -0.3 is 15.8 Å². The van der Waals surface area contributed by atoms with Crippen LogP contribution >= 0.6 is 11.8 Å². The highest BCUT2D eigenvalue weighted by Crippen LogP contribution is 1.98. The average Bonchev–Trinajstić information content (AvgIpc) is 2.24.